The normalized spacial score (nSPS) is 11.9. The number of hydrogen-bond acceptors (Lipinski definition) is 1. The van der Waals surface area contributed by atoms with E-state index in [1.807, 2.05) is 6.92 Å². The average molecular weight is 207 g/mol. The van der Waals surface area contributed by atoms with Crippen LogP contribution < -0.4 is 5.32 Å². The summed E-state index contributed by atoms with van der Waals surface area (Å²) in [5.74, 6) is -0.439. The summed E-state index contributed by atoms with van der Waals surface area (Å²) in [6.07, 6.45) is 1.92. The number of rotatable bonds is 4. The number of amides is 1. The summed E-state index contributed by atoms with van der Waals surface area (Å²) in [5, 5.41) is 2.74. The van der Waals surface area contributed by atoms with Gasteiger partial charge in [0.15, 0.2) is 0 Å². The molecule has 0 aliphatic carbocycles. The molecule has 1 aromatic rings. The van der Waals surface area contributed by atoms with E-state index in [-0.39, 0.29) is 17.8 Å². The molecule has 0 saturated carbocycles. The standard InChI is InChI=1S/C12H14FNO/c1-3-12(15)14-9(2)8-10-4-6-11(13)7-5-10/h3-7,9H,1,8H2,2H3,(H,14,15). The van der Waals surface area contributed by atoms with E-state index >= 15 is 0 Å². The van der Waals surface area contributed by atoms with Crippen molar-refractivity contribution in [1.29, 1.82) is 0 Å². The Morgan fingerprint density at radius 3 is 2.67 bits per heavy atom. The van der Waals surface area contributed by atoms with E-state index in [1.54, 1.807) is 12.1 Å². The molecule has 0 spiro atoms. The van der Waals surface area contributed by atoms with Crippen LogP contribution in [0.3, 0.4) is 0 Å². The third-order valence-electron chi connectivity index (χ3n) is 2.03. The van der Waals surface area contributed by atoms with Gasteiger partial charge in [0.2, 0.25) is 5.91 Å². The Morgan fingerprint density at radius 2 is 2.13 bits per heavy atom. The predicted octanol–water partition coefficient (Wildman–Crippen LogP) is 2.06. The number of carbonyl (C=O) groups is 1. The monoisotopic (exact) mass is 207 g/mol. The molecule has 1 rings (SSSR count). The first-order valence-corrected chi connectivity index (χ1v) is 4.79. The van der Waals surface area contributed by atoms with Crippen LogP contribution in [-0.2, 0) is 11.2 Å². The van der Waals surface area contributed by atoms with Crippen molar-refractivity contribution < 1.29 is 9.18 Å². The van der Waals surface area contributed by atoms with E-state index < -0.39 is 0 Å². The molecule has 1 unspecified atom stereocenters. The molecular weight excluding hydrogens is 193 g/mol. The maximum Gasteiger partial charge on any atom is 0.243 e. The lowest BCUT2D eigenvalue weighted by molar-refractivity contribution is -0.117. The van der Waals surface area contributed by atoms with Crippen LogP contribution in [0.4, 0.5) is 4.39 Å². The van der Waals surface area contributed by atoms with Crippen LogP contribution in [0, 0.1) is 5.82 Å². The molecule has 0 saturated heterocycles. The lowest BCUT2D eigenvalue weighted by Crippen LogP contribution is -2.32. The van der Waals surface area contributed by atoms with E-state index in [0.29, 0.717) is 6.42 Å². The van der Waals surface area contributed by atoms with E-state index in [0.717, 1.165) is 5.56 Å². The van der Waals surface area contributed by atoms with E-state index in [2.05, 4.69) is 11.9 Å². The Bertz CT molecular complexity index is 345. The Labute approximate surface area is 88.8 Å². The molecule has 0 bridgehead atoms. The summed E-state index contributed by atoms with van der Waals surface area (Å²) < 4.78 is 12.6. The Kier molecular flexibility index (Phi) is 4.03. The minimum atomic E-state index is -0.249. The van der Waals surface area contributed by atoms with Crippen molar-refractivity contribution in [3.05, 3.63) is 48.3 Å². The maximum atomic E-state index is 12.6. The van der Waals surface area contributed by atoms with Gasteiger partial charge in [-0.05, 0) is 37.1 Å². The lowest BCUT2D eigenvalue weighted by Gasteiger charge is -2.12. The quantitative estimate of drug-likeness (QED) is 0.752. The minimum Gasteiger partial charge on any atom is -0.350 e. The number of benzene rings is 1. The van der Waals surface area contributed by atoms with Gasteiger partial charge >= 0.3 is 0 Å². The molecule has 0 aliphatic rings. The van der Waals surface area contributed by atoms with Crippen molar-refractivity contribution in [3.8, 4) is 0 Å². The fraction of sp³-hybridized carbons (Fsp3) is 0.250. The van der Waals surface area contributed by atoms with Gasteiger partial charge in [0, 0.05) is 6.04 Å². The summed E-state index contributed by atoms with van der Waals surface area (Å²) in [7, 11) is 0. The molecule has 0 heterocycles. The van der Waals surface area contributed by atoms with Crippen LogP contribution in [-0.4, -0.2) is 11.9 Å². The largest absolute Gasteiger partial charge is 0.350 e. The molecule has 0 aliphatic heterocycles. The number of carbonyl (C=O) groups excluding carboxylic acids is 1. The second-order valence-electron chi connectivity index (χ2n) is 3.44. The Morgan fingerprint density at radius 1 is 1.53 bits per heavy atom. The summed E-state index contributed by atoms with van der Waals surface area (Å²) in [5.41, 5.74) is 0.994. The third kappa shape index (κ3) is 3.94. The molecule has 3 heteroatoms. The van der Waals surface area contributed by atoms with E-state index in [9.17, 15) is 9.18 Å². The van der Waals surface area contributed by atoms with Gasteiger partial charge in [-0.15, -0.1) is 0 Å². The SMILES string of the molecule is C=CC(=O)NC(C)Cc1ccc(F)cc1. The molecule has 0 radical (unpaired) electrons. The second-order valence-corrected chi connectivity index (χ2v) is 3.44. The minimum absolute atomic E-state index is 0.0148. The van der Waals surface area contributed by atoms with Gasteiger partial charge in [0.05, 0.1) is 0 Å². The molecule has 15 heavy (non-hydrogen) atoms. The highest BCUT2D eigenvalue weighted by Crippen LogP contribution is 2.05. The molecule has 2 nitrogen and oxygen atoms in total. The van der Waals surface area contributed by atoms with Crippen molar-refractivity contribution in [1.82, 2.24) is 5.32 Å². The summed E-state index contributed by atoms with van der Waals surface area (Å²) in [6.45, 7) is 5.26. The van der Waals surface area contributed by atoms with Crippen LogP contribution in [0.1, 0.15) is 12.5 Å². The van der Waals surface area contributed by atoms with Gasteiger partial charge in [-0.1, -0.05) is 18.7 Å². The maximum absolute atomic E-state index is 12.6. The van der Waals surface area contributed by atoms with Crippen LogP contribution in [0.25, 0.3) is 0 Å². The molecule has 0 fully saturated rings. The zero-order valence-corrected chi connectivity index (χ0v) is 8.66. The fourth-order valence-corrected chi connectivity index (χ4v) is 1.33. The Balaban J connectivity index is 2.51. The van der Waals surface area contributed by atoms with Crippen molar-refractivity contribution in [2.24, 2.45) is 0 Å². The van der Waals surface area contributed by atoms with Crippen LogP contribution in [0.5, 0.6) is 0 Å². The zero-order chi connectivity index (χ0) is 11.3. The lowest BCUT2D eigenvalue weighted by atomic mass is 10.1. The van der Waals surface area contributed by atoms with Crippen LogP contribution in [0.15, 0.2) is 36.9 Å². The highest BCUT2D eigenvalue weighted by molar-refractivity contribution is 5.87. The molecule has 1 atom stereocenters. The van der Waals surface area contributed by atoms with Gasteiger partial charge < -0.3 is 5.32 Å². The molecular formula is C12H14FNO. The molecule has 80 valence electrons. The van der Waals surface area contributed by atoms with Gasteiger partial charge in [-0.2, -0.15) is 0 Å². The zero-order valence-electron chi connectivity index (χ0n) is 8.66. The van der Waals surface area contributed by atoms with Crippen LogP contribution >= 0.6 is 0 Å². The fourth-order valence-electron chi connectivity index (χ4n) is 1.33. The Hall–Kier alpha value is -1.64. The smallest absolute Gasteiger partial charge is 0.243 e. The number of nitrogens with one attached hydrogen (secondary N) is 1. The number of halogens is 1. The van der Waals surface area contributed by atoms with Gasteiger partial charge in [0.1, 0.15) is 5.82 Å². The van der Waals surface area contributed by atoms with Crippen molar-refractivity contribution in [2.45, 2.75) is 19.4 Å². The first kappa shape index (κ1) is 11.4. The summed E-state index contributed by atoms with van der Waals surface area (Å²) in [4.78, 5) is 11.0. The summed E-state index contributed by atoms with van der Waals surface area (Å²) >= 11 is 0. The van der Waals surface area contributed by atoms with Gasteiger partial charge in [-0.3, -0.25) is 4.79 Å². The predicted molar refractivity (Wildman–Crippen MR) is 57.9 cm³/mol. The van der Waals surface area contributed by atoms with Crippen molar-refractivity contribution >= 4 is 5.91 Å². The summed E-state index contributed by atoms with van der Waals surface area (Å²) in [6, 6.07) is 6.27. The van der Waals surface area contributed by atoms with Crippen molar-refractivity contribution in [2.75, 3.05) is 0 Å². The molecule has 1 aromatic carbocycles. The average Bonchev–Trinajstić information content (AvgIpc) is 2.21. The van der Waals surface area contributed by atoms with E-state index in [1.165, 1.54) is 18.2 Å². The molecule has 0 aromatic heterocycles. The first-order valence-electron chi connectivity index (χ1n) is 4.79. The molecule has 1 N–H and O–H groups in total. The third-order valence-corrected chi connectivity index (χ3v) is 2.03. The highest BCUT2D eigenvalue weighted by Gasteiger charge is 2.05. The topological polar surface area (TPSA) is 29.1 Å². The second kappa shape index (κ2) is 5.29. The first-order chi connectivity index (χ1) is 7.11. The highest BCUT2D eigenvalue weighted by atomic mass is 19.1. The number of hydrogen-bond donors (Lipinski definition) is 1. The van der Waals surface area contributed by atoms with Crippen LogP contribution in [0.2, 0.25) is 0 Å². The van der Waals surface area contributed by atoms with Gasteiger partial charge in [-0.25, -0.2) is 4.39 Å². The van der Waals surface area contributed by atoms with E-state index in [4.69, 9.17) is 0 Å². The molecule has 1 amide bonds. The van der Waals surface area contributed by atoms with Gasteiger partial charge in [0.25, 0.3) is 0 Å². The van der Waals surface area contributed by atoms with Crippen molar-refractivity contribution in [3.63, 3.8) is 0 Å².